The minimum absolute atomic E-state index is 0.00431. The van der Waals surface area contributed by atoms with Crippen LogP contribution in [-0.2, 0) is 6.42 Å². The number of anilines is 1. The Bertz CT molecular complexity index is 1960. The first kappa shape index (κ1) is 30.2. The van der Waals surface area contributed by atoms with Gasteiger partial charge in [-0.25, -0.2) is 13.2 Å². The van der Waals surface area contributed by atoms with Crippen LogP contribution in [0, 0.1) is 17.6 Å². The minimum Gasteiger partial charge on any atom is -0.508 e. The molecule has 0 amide bonds. The number of ether oxygens (including phenoxy) is 2. The van der Waals surface area contributed by atoms with Gasteiger partial charge in [0.1, 0.15) is 36.5 Å². The molecule has 3 N–H and O–H groups in total. The number of hydrogen-bond donors (Lipinski definition) is 3. The molecule has 12 heteroatoms. The number of fused-ring (bicyclic) bond motifs is 7. The molecule has 9 rings (SSSR count). The van der Waals surface area contributed by atoms with E-state index in [9.17, 15) is 14.6 Å². The molecule has 4 aromatic rings. The number of alkyl halides is 1. The molecule has 5 aliphatic heterocycles. The number of aryl methyl sites for hydroxylation is 1. The fraction of sp³-hybridized carbons (Fsp3) is 0.500. The highest BCUT2D eigenvalue weighted by Crippen LogP contribution is 2.49. The van der Waals surface area contributed by atoms with E-state index in [1.807, 2.05) is 30.0 Å². The first-order chi connectivity index (χ1) is 23.3. The summed E-state index contributed by atoms with van der Waals surface area (Å²) in [6, 6.07) is 8.59. The van der Waals surface area contributed by atoms with E-state index < -0.39 is 23.3 Å². The molecule has 4 fully saturated rings. The number of phenolic OH excluding ortho intramolecular Hbond substituents is 1. The van der Waals surface area contributed by atoms with Gasteiger partial charge in [-0.05, 0) is 65.6 Å². The van der Waals surface area contributed by atoms with E-state index in [1.165, 1.54) is 6.07 Å². The summed E-state index contributed by atoms with van der Waals surface area (Å²) in [5, 5.41) is 25.7. The number of nitrogens with zero attached hydrogens (tertiary/aromatic N) is 4. The van der Waals surface area contributed by atoms with Gasteiger partial charge in [0.15, 0.2) is 17.4 Å². The highest BCUT2D eigenvalue weighted by Gasteiger charge is 2.53. The van der Waals surface area contributed by atoms with E-state index in [0.29, 0.717) is 42.5 Å². The monoisotopic (exact) mass is 661 g/mol. The first-order valence-electron chi connectivity index (χ1n) is 17.0. The van der Waals surface area contributed by atoms with Gasteiger partial charge in [-0.15, -0.1) is 0 Å². The van der Waals surface area contributed by atoms with Crippen molar-refractivity contribution in [2.75, 3.05) is 44.4 Å². The second-order valence-electron chi connectivity index (χ2n) is 14.3. The highest BCUT2D eigenvalue weighted by molar-refractivity contribution is 6.05. The van der Waals surface area contributed by atoms with Crippen LogP contribution in [0.25, 0.3) is 32.8 Å². The van der Waals surface area contributed by atoms with Crippen LogP contribution in [0.3, 0.4) is 0 Å². The predicted octanol–water partition coefficient (Wildman–Crippen LogP) is 4.87. The topological polar surface area (TPSA) is 103 Å². The maximum absolute atomic E-state index is 17.2. The zero-order valence-corrected chi connectivity index (χ0v) is 26.7. The standard InChI is InChI=1S/C36H38F3N5O4/c1-2-19-4-3-5-20-8-23(46)9-24(27(19)20)28-30(38)32-29-33(31(28)39)47-16-26-25-7-6-22(40-25)14-44(26)34(29)42-35(41-32)48-17-36-10-18(15-45)12-43(36)13-21(37)11-36/h3-5,8-9,18,21-22,25-26,40,45-46H,2,6-7,10-17H2,1H3. The average Bonchev–Trinajstić information content (AvgIpc) is 3.68. The van der Waals surface area contributed by atoms with Gasteiger partial charge in [-0.3, -0.25) is 4.90 Å². The molecule has 0 spiro atoms. The lowest BCUT2D eigenvalue weighted by atomic mass is 9.91. The Morgan fingerprint density at radius 1 is 1.08 bits per heavy atom. The van der Waals surface area contributed by atoms with Crippen LogP contribution in [-0.4, -0.2) is 94.4 Å². The van der Waals surface area contributed by atoms with Gasteiger partial charge in [0.05, 0.1) is 22.5 Å². The second-order valence-corrected chi connectivity index (χ2v) is 14.3. The Hall–Kier alpha value is -3.87. The van der Waals surface area contributed by atoms with Crippen molar-refractivity contribution in [3.63, 3.8) is 0 Å². The number of benzene rings is 3. The molecule has 3 aromatic carbocycles. The van der Waals surface area contributed by atoms with Gasteiger partial charge in [-0.2, -0.15) is 9.97 Å². The molecule has 252 valence electrons. The van der Waals surface area contributed by atoms with E-state index in [4.69, 9.17) is 14.5 Å². The summed E-state index contributed by atoms with van der Waals surface area (Å²) in [6.07, 6.45) is 2.33. The Morgan fingerprint density at radius 3 is 2.79 bits per heavy atom. The zero-order chi connectivity index (χ0) is 32.9. The van der Waals surface area contributed by atoms with E-state index >= 15 is 8.78 Å². The Kier molecular flexibility index (Phi) is 6.97. The van der Waals surface area contributed by atoms with Gasteiger partial charge in [0, 0.05) is 44.7 Å². The van der Waals surface area contributed by atoms with Crippen LogP contribution in [0.15, 0.2) is 30.3 Å². The molecule has 6 atom stereocenters. The molecule has 48 heavy (non-hydrogen) atoms. The number of piperazine rings is 1. The summed E-state index contributed by atoms with van der Waals surface area (Å²) in [5.74, 6) is -1.65. The van der Waals surface area contributed by atoms with Gasteiger partial charge in [0.25, 0.3) is 0 Å². The molecular formula is C36H38F3N5O4. The molecule has 1 aromatic heterocycles. The van der Waals surface area contributed by atoms with Crippen molar-refractivity contribution in [1.29, 1.82) is 0 Å². The molecule has 5 aliphatic rings. The number of aromatic nitrogens is 2. The minimum atomic E-state index is -1.01. The fourth-order valence-corrected chi connectivity index (χ4v) is 9.33. The molecule has 0 aliphatic carbocycles. The van der Waals surface area contributed by atoms with Crippen molar-refractivity contribution >= 4 is 27.5 Å². The smallest absolute Gasteiger partial charge is 0.319 e. The van der Waals surface area contributed by atoms with Crippen molar-refractivity contribution in [2.45, 2.75) is 68.9 Å². The van der Waals surface area contributed by atoms with Crippen LogP contribution in [0.4, 0.5) is 19.0 Å². The normalized spacial score (nSPS) is 29.3. The summed E-state index contributed by atoms with van der Waals surface area (Å²) in [7, 11) is 0. The van der Waals surface area contributed by atoms with Crippen LogP contribution >= 0.6 is 0 Å². The summed E-state index contributed by atoms with van der Waals surface area (Å²) in [6.45, 7) is 3.63. The third-order valence-electron chi connectivity index (χ3n) is 11.4. The van der Waals surface area contributed by atoms with E-state index in [2.05, 4.69) is 15.2 Å². The average molecular weight is 662 g/mol. The lowest BCUT2D eigenvalue weighted by molar-refractivity contribution is 0.107. The lowest BCUT2D eigenvalue weighted by Gasteiger charge is -2.40. The Morgan fingerprint density at radius 2 is 1.96 bits per heavy atom. The summed E-state index contributed by atoms with van der Waals surface area (Å²) >= 11 is 0. The molecular weight excluding hydrogens is 623 g/mol. The van der Waals surface area contributed by atoms with E-state index in [1.54, 1.807) is 6.07 Å². The largest absolute Gasteiger partial charge is 0.508 e. The highest BCUT2D eigenvalue weighted by atomic mass is 19.1. The van der Waals surface area contributed by atoms with Crippen LogP contribution in [0.1, 0.15) is 38.2 Å². The number of aliphatic hydroxyl groups is 1. The van der Waals surface area contributed by atoms with Crippen molar-refractivity contribution in [1.82, 2.24) is 20.2 Å². The maximum Gasteiger partial charge on any atom is 0.319 e. The lowest BCUT2D eigenvalue weighted by Crippen LogP contribution is -2.60. The van der Waals surface area contributed by atoms with Gasteiger partial charge >= 0.3 is 6.01 Å². The van der Waals surface area contributed by atoms with Crippen molar-refractivity contribution in [3.05, 3.63) is 47.5 Å². The number of rotatable bonds is 6. The Labute approximate surface area is 275 Å². The summed E-state index contributed by atoms with van der Waals surface area (Å²) in [5.41, 5.74) is -0.0172. The van der Waals surface area contributed by atoms with Gasteiger partial charge < -0.3 is 29.9 Å². The SMILES string of the molecule is CCc1cccc2cc(O)cc(-c3c(F)c4c5c(nc(OCC67CC(F)CN6CC(CO)C7)nc5c3F)N3CC5CCC(N5)C3CO4)c12. The number of phenols is 1. The molecule has 2 bridgehead atoms. The van der Waals surface area contributed by atoms with Crippen LogP contribution in [0.2, 0.25) is 0 Å². The van der Waals surface area contributed by atoms with Gasteiger partial charge in [0.2, 0.25) is 0 Å². The number of aromatic hydroxyl groups is 1. The quantitative estimate of drug-likeness (QED) is 0.267. The van der Waals surface area contributed by atoms with E-state index in [0.717, 1.165) is 18.4 Å². The molecule has 9 nitrogen and oxygen atoms in total. The molecule has 6 heterocycles. The number of aliphatic hydroxyl groups excluding tert-OH is 1. The number of halogens is 3. The molecule has 0 saturated carbocycles. The predicted molar refractivity (Wildman–Crippen MR) is 175 cm³/mol. The van der Waals surface area contributed by atoms with Gasteiger partial charge in [-0.1, -0.05) is 25.1 Å². The van der Waals surface area contributed by atoms with Crippen molar-refractivity contribution in [3.8, 4) is 28.6 Å². The number of nitrogens with one attached hydrogen (secondary N) is 1. The maximum atomic E-state index is 17.2. The number of hydrogen-bond acceptors (Lipinski definition) is 9. The first-order valence-corrected chi connectivity index (χ1v) is 17.0. The summed E-state index contributed by atoms with van der Waals surface area (Å²) < 4.78 is 61.5. The van der Waals surface area contributed by atoms with E-state index in [-0.39, 0.29) is 96.4 Å². The second kappa shape index (κ2) is 11.1. The zero-order valence-electron chi connectivity index (χ0n) is 26.7. The Balaban J connectivity index is 1.24. The van der Waals surface area contributed by atoms with Crippen molar-refractivity contribution in [2.24, 2.45) is 5.92 Å². The van der Waals surface area contributed by atoms with Crippen LogP contribution < -0.4 is 19.7 Å². The van der Waals surface area contributed by atoms with Crippen molar-refractivity contribution < 1.29 is 32.9 Å². The fourth-order valence-electron chi connectivity index (χ4n) is 9.33. The molecule has 6 unspecified atom stereocenters. The summed E-state index contributed by atoms with van der Waals surface area (Å²) in [4.78, 5) is 13.5. The molecule has 0 radical (unpaired) electrons. The molecule has 4 saturated heterocycles. The third-order valence-corrected chi connectivity index (χ3v) is 11.4. The van der Waals surface area contributed by atoms with Crippen LogP contribution in [0.5, 0.6) is 17.5 Å². The third kappa shape index (κ3) is 4.48.